The minimum absolute atomic E-state index is 0. The average molecular weight is 575 g/mol. The van der Waals surface area contributed by atoms with Crippen LogP contribution in [0.3, 0.4) is 0 Å². The molecule has 2 nitrogen and oxygen atoms in total. The van der Waals surface area contributed by atoms with E-state index in [2.05, 4.69) is 72.2 Å². The first-order chi connectivity index (χ1) is 13.3. The molecule has 0 aliphatic rings. The van der Waals surface area contributed by atoms with Gasteiger partial charge in [-0.15, -0.1) is 0 Å². The highest BCUT2D eigenvalue weighted by molar-refractivity contribution is 5.60. The Bertz CT molecular complexity index is 614. The van der Waals surface area contributed by atoms with Crippen LogP contribution in [-0.4, -0.2) is 0 Å². The molecule has 4 heteroatoms. The maximum Gasteiger partial charge on any atom is 0.169 e. The summed E-state index contributed by atoms with van der Waals surface area (Å²) in [5.41, 5.74) is 2.58. The molecule has 2 aromatic rings. The monoisotopic (exact) mass is 574 g/mol. The van der Waals surface area contributed by atoms with E-state index in [1.54, 1.807) is 0 Å². The molecule has 2 rings (SSSR count). The Balaban J connectivity index is 0.00000392. The van der Waals surface area contributed by atoms with Crippen LogP contribution in [0.5, 0.6) is 0 Å². The zero-order valence-electron chi connectivity index (χ0n) is 18.5. The summed E-state index contributed by atoms with van der Waals surface area (Å²) in [5.74, 6) is 0. The second-order valence-corrected chi connectivity index (χ2v) is 7.97. The second kappa shape index (κ2) is 18.3. The molecule has 0 aliphatic carbocycles. The number of rotatable bonds is 14. The molecule has 0 amide bonds. The summed E-state index contributed by atoms with van der Waals surface area (Å²) >= 11 is 0. The average Bonchev–Trinajstić information content (AvgIpc) is 2.70. The molecule has 0 unspecified atom stereocenters. The van der Waals surface area contributed by atoms with Crippen molar-refractivity contribution in [3.05, 3.63) is 49.1 Å². The highest BCUT2D eigenvalue weighted by Gasteiger charge is 2.04. The van der Waals surface area contributed by atoms with Crippen molar-refractivity contribution >= 4 is 0 Å². The number of aryl methyl sites for hydroxylation is 2. The van der Waals surface area contributed by atoms with Crippen molar-refractivity contribution in [1.82, 2.24) is 0 Å². The van der Waals surface area contributed by atoms with Crippen molar-refractivity contribution < 1.29 is 50.1 Å². The van der Waals surface area contributed by atoms with Crippen molar-refractivity contribution in [2.45, 2.75) is 90.5 Å². The van der Waals surface area contributed by atoms with E-state index in [1.807, 2.05) is 0 Å². The normalized spacial score (nSPS) is 10.3. The van der Waals surface area contributed by atoms with Crippen LogP contribution in [-0.2, 0) is 13.6 Å². The number of halogens is 2. The highest BCUT2D eigenvalue weighted by atomic mass is 127. The lowest BCUT2D eigenvalue weighted by atomic mass is 10.1. The molecule has 0 bridgehead atoms. The molecule has 0 aliphatic heterocycles. The number of unbranched alkanes of at least 4 members (excludes halogenated alkanes) is 11. The summed E-state index contributed by atoms with van der Waals surface area (Å²) in [7, 11) is 2.05. The van der Waals surface area contributed by atoms with Crippen LogP contribution in [0.15, 0.2) is 49.1 Å². The summed E-state index contributed by atoms with van der Waals surface area (Å²) in [6, 6.07) is 8.81. The molecule has 0 fully saturated rings. The lowest BCUT2D eigenvalue weighted by Gasteiger charge is -2.03. The molecular formula is C25H40BrIN2. The second-order valence-electron chi connectivity index (χ2n) is 7.97. The molecule has 164 valence electrons. The summed E-state index contributed by atoms with van der Waals surface area (Å²) in [6.45, 7) is 3.43. The molecule has 0 spiro atoms. The maximum absolute atomic E-state index is 2.32. The van der Waals surface area contributed by atoms with Gasteiger partial charge in [-0.2, -0.15) is 0 Å². The Labute approximate surface area is 206 Å². The van der Waals surface area contributed by atoms with Gasteiger partial charge < -0.3 is 41.0 Å². The predicted octanol–water partition coefficient (Wildman–Crippen LogP) is 0.175. The minimum Gasteiger partial charge on any atom is -1.00 e. The number of hydrogen-bond donors (Lipinski definition) is 0. The lowest BCUT2D eigenvalue weighted by Crippen LogP contribution is -3.00. The third-order valence-corrected chi connectivity index (χ3v) is 5.47. The fourth-order valence-corrected chi connectivity index (χ4v) is 3.63. The van der Waals surface area contributed by atoms with E-state index < -0.39 is 0 Å². The van der Waals surface area contributed by atoms with Gasteiger partial charge in [0, 0.05) is 30.7 Å². The molecule has 29 heavy (non-hydrogen) atoms. The standard InChI is InChI=1S/C25H40N2.BrH.HI/c1-3-4-5-6-7-8-9-10-11-12-13-14-19-27-22-17-25(18-23-27)24-15-20-26(2)21-16-24;;/h15-18,20-23H,3-14,19H2,1-2H3;2*1H/q+2;;/p-2. The Hall–Kier alpha value is -0.490. The quantitative estimate of drug-likeness (QED) is 0.173. The maximum atomic E-state index is 2.32. The SMILES string of the molecule is CCCCCCCCCCCCCC[n+]1ccc(-c2cc[n+](C)cc2)cc1.[Br-].[I-]. The van der Waals surface area contributed by atoms with Gasteiger partial charge in [0.25, 0.3) is 0 Å². The predicted molar refractivity (Wildman–Crippen MR) is 114 cm³/mol. The van der Waals surface area contributed by atoms with Gasteiger partial charge in [-0.05, 0) is 17.5 Å². The number of pyridine rings is 2. The number of nitrogens with zero attached hydrogens (tertiary/aromatic N) is 2. The number of aromatic nitrogens is 2. The van der Waals surface area contributed by atoms with Gasteiger partial charge in [0.1, 0.15) is 13.6 Å². The zero-order chi connectivity index (χ0) is 19.2. The third-order valence-electron chi connectivity index (χ3n) is 5.47. The molecule has 0 atom stereocenters. The first-order valence-electron chi connectivity index (χ1n) is 11.2. The Morgan fingerprint density at radius 2 is 0.966 bits per heavy atom. The van der Waals surface area contributed by atoms with Crippen LogP contribution in [0.2, 0.25) is 0 Å². The smallest absolute Gasteiger partial charge is 0.169 e. The van der Waals surface area contributed by atoms with Gasteiger partial charge in [0.15, 0.2) is 24.8 Å². The fourth-order valence-electron chi connectivity index (χ4n) is 3.63. The molecule has 0 N–H and O–H groups in total. The van der Waals surface area contributed by atoms with E-state index in [0.717, 1.165) is 6.54 Å². The Morgan fingerprint density at radius 3 is 1.41 bits per heavy atom. The van der Waals surface area contributed by atoms with Crippen molar-refractivity contribution in [3.63, 3.8) is 0 Å². The van der Waals surface area contributed by atoms with Crippen molar-refractivity contribution in [1.29, 1.82) is 0 Å². The van der Waals surface area contributed by atoms with Crippen molar-refractivity contribution in [2.24, 2.45) is 7.05 Å². The molecule has 2 heterocycles. The third kappa shape index (κ3) is 12.7. The summed E-state index contributed by atoms with van der Waals surface area (Å²) in [4.78, 5) is 0. The first-order valence-corrected chi connectivity index (χ1v) is 11.2. The van der Waals surface area contributed by atoms with Crippen LogP contribution in [0, 0.1) is 0 Å². The van der Waals surface area contributed by atoms with E-state index in [4.69, 9.17) is 0 Å². The summed E-state index contributed by atoms with van der Waals surface area (Å²) in [6.07, 6.45) is 25.6. The zero-order valence-corrected chi connectivity index (χ0v) is 22.2. The molecule has 0 saturated heterocycles. The lowest BCUT2D eigenvalue weighted by molar-refractivity contribution is -0.697. The first kappa shape index (κ1) is 28.5. The van der Waals surface area contributed by atoms with Gasteiger partial charge in [-0.1, -0.05) is 71.1 Å². The van der Waals surface area contributed by atoms with Gasteiger partial charge >= 0.3 is 0 Å². The highest BCUT2D eigenvalue weighted by Crippen LogP contribution is 2.15. The topological polar surface area (TPSA) is 7.76 Å². The molecular weight excluding hydrogens is 535 g/mol. The van der Waals surface area contributed by atoms with E-state index >= 15 is 0 Å². The summed E-state index contributed by atoms with van der Waals surface area (Å²) < 4.78 is 4.39. The van der Waals surface area contributed by atoms with Gasteiger partial charge in [-0.25, -0.2) is 9.13 Å². The van der Waals surface area contributed by atoms with Crippen LogP contribution in [0.1, 0.15) is 84.0 Å². The molecule has 2 aromatic heterocycles. The molecule has 0 saturated carbocycles. The largest absolute Gasteiger partial charge is 1.00 e. The van der Waals surface area contributed by atoms with Crippen molar-refractivity contribution in [3.8, 4) is 11.1 Å². The van der Waals surface area contributed by atoms with E-state index in [0.29, 0.717) is 0 Å². The van der Waals surface area contributed by atoms with Crippen LogP contribution in [0.25, 0.3) is 11.1 Å². The van der Waals surface area contributed by atoms with Crippen LogP contribution < -0.4 is 50.1 Å². The van der Waals surface area contributed by atoms with E-state index in [1.165, 1.54) is 88.2 Å². The van der Waals surface area contributed by atoms with Crippen molar-refractivity contribution in [2.75, 3.05) is 0 Å². The van der Waals surface area contributed by atoms with E-state index in [9.17, 15) is 0 Å². The Morgan fingerprint density at radius 1 is 0.586 bits per heavy atom. The minimum atomic E-state index is 0. The van der Waals surface area contributed by atoms with Crippen LogP contribution in [0.4, 0.5) is 0 Å². The number of hydrogen-bond acceptors (Lipinski definition) is 0. The molecule has 0 aromatic carbocycles. The van der Waals surface area contributed by atoms with Gasteiger partial charge in [-0.3, -0.25) is 0 Å². The van der Waals surface area contributed by atoms with Gasteiger partial charge in [0.05, 0.1) is 0 Å². The van der Waals surface area contributed by atoms with Gasteiger partial charge in [0.2, 0.25) is 0 Å². The van der Waals surface area contributed by atoms with E-state index in [-0.39, 0.29) is 41.0 Å². The Kier molecular flexibility index (Phi) is 18.0. The fraction of sp³-hybridized carbons (Fsp3) is 0.600. The summed E-state index contributed by atoms with van der Waals surface area (Å²) in [5, 5.41) is 0. The van der Waals surface area contributed by atoms with Crippen LogP contribution >= 0.6 is 0 Å². The molecule has 0 radical (unpaired) electrons.